The van der Waals surface area contributed by atoms with Crippen LogP contribution in [0.15, 0.2) is 5.16 Å². The molecular weight excluding hydrogens is 246 g/mol. The summed E-state index contributed by atoms with van der Waals surface area (Å²) in [5.41, 5.74) is 5.70. The molecule has 1 amide bonds. The molecule has 0 spiro atoms. The van der Waals surface area contributed by atoms with Gasteiger partial charge in [-0.1, -0.05) is 24.4 Å². The van der Waals surface area contributed by atoms with Gasteiger partial charge in [0.25, 0.3) is 0 Å². The summed E-state index contributed by atoms with van der Waals surface area (Å²) in [6.45, 7) is 3.74. The Morgan fingerprint density at radius 1 is 1.42 bits per heavy atom. The van der Waals surface area contributed by atoms with Gasteiger partial charge >= 0.3 is 0 Å². The number of hydrogen-bond donors (Lipinski definition) is 3. The summed E-state index contributed by atoms with van der Waals surface area (Å²) >= 11 is 0. The molecule has 4 N–H and O–H groups in total. The van der Waals surface area contributed by atoms with Crippen molar-refractivity contribution < 1.29 is 14.7 Å². The summed E-state index contributed by atoms with van der Waals surface area (Å²) in [6, 6.07) is -0.395. The van der Waals surface area contributed by atoms with Crippen molar-refractivity contribution in [3.05, 3.63) is 0 Å². The Balaban J connectivity index is 2.56. The highest BCUT2D eigenvalue weighted by Gasteiger charge is 2.28. The standard InChI is InChI=1S/C13H25N3O3/c1-9(2)19-8-11(17)15-12(13(14)16-18)10-6-4-3-5-7-10/h9-10,12,18H,3-8H2,1-2H3,(H2,14,16)(H,15,17). The van der Waals surface area contributed by atoms with Gasteiger partial charge in [0.05, 0.1) is 12.1 Å². The van der Waals surface area contributed by atoms with Gasteiger partial charge in [-0.3, -0.25) is 4.79 Å². The zero-order valence-electron chi connectivity index (χ0n) is 11.8. The number of rotatable bonds is 6. The maximum atomic E-state index is 11.8. The average Bonchev–Trinajstić information content (AvgIpc) is 2.42. The monoisotopic (exact) mass is 271 g/mol. The van der Waals surface area contributed by atoms with Gasteiger partial charge in [-0.25, -0.2) is 0 Å². The first kappa shape index (κ1) is 15.8. The van der Waals surface area contributed by atoms with Crippen LogP contribution < -0.4 is 11.1 Å². The Hall–Kier alpha value is -1.30. The molecule has 1 saturated carbocycles. The molecule has 0 aromatic carbocycles. The third-order valence-corrected chi connectivity index (χ3v) is 3.42. The van der Waals surface area contributed by atoms with Crippen LogP contribution in [-0.4, -0.2) is 35.7 Å². The zero-order valence-corrected chi connectivity index (χ0v) is 11.8. The molecule has 1 rings (SSSR count). The van der Waals surface area contributed by atoms with Crippen molar-refractivity contribution in [2.24, 2.45) is 16.8 Å². The molecular formula is C13H25N3O3. The van der Waals surface area contributed by atoms with Gasteiger partial charge in [0.1, 0.15) is 6.61 Å². The largest absolute Gasteiger partial charge is 0.409 e. The van der Waals surface area contributed by atoms with Crippen molar-refractivity contribution >= 4 is 11.7 Å². The van der Waals surface area contributed by atoms with Gasteiger partial charge in [0.2, 0.25) is 5.91 Å². The molecule has 19 heavy (non-hydrogen) atoms. The minimum atomic E-state index is -0.395. The minimum Gasteiger partial charge on any atom is -0.409 e. The lowest BCUT2D eigenvalue weighted by atomic mass is 9.83. The lowest BCUT2D eigenvalue weighted by molar-refractivity contribution is -0.127. The van der Waals surface area contributed by atoms with Crippen molar-refractivity contribution in [2.75, 3.05) is 6.61 Å². The second-order valence-electron chi connectivity index (χ2n) is 5.33. The number of nitrogens with two attached hydrogens (primary N) is 1. The number of amides is 1. The van der Waals surface area contributed by atoms with Crippen molar-refractivity contribution in [2.45, 2.75) is 58.1 Å². The summed E-state index contributed by atoms with van der Waals surface area (Å²) in [4.78, 5) is 11.8. The number of amidine groups is 1. The number of carbonyl (C=O) groups excluding carboxylic acids is 1. The molecule has 0 aromatic rings. The van der Waals surface area contributed by atoms with E-state index in [0.717, 1.165) is 25.7 Å². The van der Waals surface area contributed by atoms with Crippen molar-refractivity contribution in [1.29, 1.82) is 0 Å². The van der Waals surface area contributed by atoms with Crippen molar-refractivity contribution in [3.63, 3.8) is 0 Å². The lowest BCUT2D eigenvalue weighted by Crippen LogP contribution is -2.50. The van der Waals surface area contributed by atoms with Crippen LogP contribution in [0.4, 0.5) is 0 Å². The Kier molecular flexibility index (Phi) is 6.62. The normalized spacial score (nSPS) is 19.4. The molecule has 1 aliphatic carbocycles. The number of oxime groups is 1. The van der Waals surface area contributed by atoms with E-state index in [0.29, 0.717) is 0 Å². The first-order valence-electron chi connectivity index (χ1n) is 6.93. The predicted octanol–water partition coefficient (Wildman–Crippen LogP) is 1.22. The first-order chi connectivity index (χ1) is 9.04. The predicted molar refractivity (Wildman–Crippen MR) is 73.0 cm³/mol. The third-order valence-electron chi connectivity index (χ3n) is 3.42. The van der Waals surface area contributed by atoms with E-state index in [2.05, 4.69) is 10.5 Å². The molecule has 0 heterocycles. The van der Waals surface area contributed by atoms with E-state index in [-0.39, 0.29) is 30.4 Å². The summed E-state index contributed by atoms with van der Waals surface area (Å²) in [5.74, 6) is 0.0910. The number of nitrogens with zero attached hydrogens (tertiary/aromatic N) is 1. The van der Waals surface area contributed by atoms with E-state index >= 15 is 0 Å². The van der Waals surface area contributed by atoms with Crippen molar-refractivity contribution in [3.8, 4) is 0 Å². The molecule has 0 aromatic heterocycles. The van der Waals surface area contributed by atoms with E-state index in [9.17, 15) is 4.79 Å². The summed E-state index contributed by atoms with van der Waals surface area (Å²) in [5, 5.41) is 14.7. The summed E-state index contributed by atoms with van der Waals surface area (Å²) in [6.07, 6.45) is 5.45. The first-order valence-corrected chi connectivity index (χ1v) is 6.93. The molecule has 1 atom stereocenters. The summed E-state index contributed by atoms with van der Waals surface area (Å²) in [7, 11) is 0. The van der Waals surface area contributed by atoms with E-state index in [1.165, 1.54) is 6.42 Å². The molecule has 1 aliphatic rings. The summed E-state index contributed by atoms with van der Waals surface area (Å²) < 4.78 is 5.25. The number of ether oxygens (including phenoxy) is 1. The number of hydrogen-bond acceptors (Lipinski definition) is 4. The van der Waals surface area contributed by atoms with E-state index < -0.39 is 6.04 Å². The molecule has 0 bridgehead atoms. The van der Waals surface area contributed by atoms with Crippen LogP contribution in [0, 0.1) is 5.92 Å². The second kappa shape index (κ2) is 7.99. The fraction of sp³-hybridized carbons (Fsp3) is 0.846. The highest BCUT2D eigenvalue weighted by Crippen LogP contribution is 2.26. The SMILES string of the molecule is CC(C)OCC(=O)NC(C(N)=NO)C1CCCCC1. The van der Waals surface area contributed by atoms with Crippen LogP contribution in [0.25, 0.3) is 0 Å². The molecule has 6 nitrogen and oxygen atoms in total. The van der Waals surface area contributed by atoms with Gasteiger partial charge < -0.3 is 21.0 Å². The van der Waals surface area contributed by atoms with Crippen LogP contribution in [0.2, 0.25) is 0 Å². The molecule has 110 valence electrons. The fourth-order valence-electron chi connectivity index (χ4n) is 2.42. The molecule has 1 fully saturated rings. The topological polar surface area (TPSA) is 96.9 Å². The Labute approximate surface area is 114 Å². The van der Waals surface area contributed by atoms with E-state index in [1.54, 1.807) is 0 Å². The fourth-order valence-corrected chi connectivity index (χ4v) is 2.42. The van der Waals surface area contributed by atoms with Gasteiger partial charge in [0.15, 0.2) is 5.84 Å². The van der Waals surface area contributed by atoms with E-state index in [1.807, 2.05) is 13.8 Å². The second-order valence-corrected chi connectivity index (χ2v) is 5.33. The zero-order chi connectivity index (χ0) is 14.3. The average molecular weight is 271 g/mol. The maximum Gasteiger partial charge on any atom is 0.246 e. The molecule has 0 saturated heterocycles. The van der Waals surface area contributed by atoms with Crippen LogP contribution >= 0.6 is 0 Å². The van der Waals surface area contributed by atoms with Crippen LogP contribution in [0.5, 0.6) is 0 Å². The molecule has 0 aliphatic heterocycles. The van der Waals surface area contributed by atoms with Crippen molar-refractivity contribution in [1.82, 2.24) is 5.32 Å². The maximum absolute atomic E-state index is 11.8. The highest BCUT2D eigenvalue weighted by molar-refractivity contribution is 5.90. The van der Waals surface area contributed by atoms with Crippen LogP contribution in [-0.2, 0) is 9.53 Å². The van der Waals surface area contributed by atoms with Gasteiger partial charge in [-0.2, -0.15) is 0 Å². The number of nitrogens with one attached hydrogen (secondary N) is 1. The quantitative estimate of drug-likeness (QED) is 0.293. The van der Waals surface area contributed by atoms with E-state index in [4.69, 9.17) is 15.7 Å². The Morgan fingerprint density at radius 2 is 2.05 bits per heavy atom. The highest BCUT2D eigenvalue weighted by atomic mass is 16.5. The van der Waals surface area contributed by atoms with Crippen LogP contribution in [0.1, 0.15) is 46.0 Å². The van der Waals surface area contributed by atoms with Crippen LogP contribution in [0.3, 0.4) is 0 Å². The Bertz CT molecular complexity index is 312. The van der Waals surface area contributed by atoms with Gasteiger partial charge in [-0.05, 0) is 32.6 Å². The molecule has 0 radical (unpaired) electrons. The lowest BCUT2D eigenvalue weighted by Gasteiger charge is -2.30. The van der Waals surface area contributed by atoms with Gasteiger partial charge in [-0.15, -0.1) is 0 Å². The molecule has 1 unspecified atom stereocenters. The smallest absolute Gasteiger partial charge is 0.246 e. The molecule has 6 heteroatoms. The minimum absolute atomic E-state index is 0.000402. The third kappa shape index (κ3) is 5.46. The number of carbonyl (C=O) groups is 1. The van der Waals surface area contributed by atoms with Gasteiger partial charge in [0, 0.05) is 0 Å². The Morgan fingerprint density at radius 3 is 2.58 bits per heavy atom.